The molecule has 1 aromatic carbocycles. The second-order valence-corrected chi connectivity index (χ2v) is 5.47. The Hall–Kier alpha value is -1.35. The molecule has 0 amide bonds. The van der Waals surface area contributed by atoms with Crippen molar-refractivity contribution in [2.24, 2.45) is 5.73 Å². The molecule has 0 aliphatic carbocycles. The van der Waals surface area contributed by atoms with Gasteiger partial charge in [0.2, 0.25) is 0 Å². The van der Waals surface area contributed by atoms with Gasteiger partial charge in [0.15, 0.2) is 0 Å². The first kappa shape index (κ1) is 12.1. The van der Waals surface area contributed by atoms with Crippen LogP contribution < -0.4 is 5.73 Å². The molecule has 17 heavy (non-hydrogen) atoms. The minimum absolute atomic E-state index is 0.0631. The Bertz CT molecular complexity index is 506. The Morgan fingerprint density at radius 1 is 1.24 bits per heavy atom. The summed E-state index contributed by atoms with van der Waals surface area (Å²) in [6.45, 7) is 8.27. The Morgan fingerprint density at radius 2 is 1.94 bits per heavy atom. The van der Waals surface area contributed by atoms with E-state index in [4.69, 9.17) is 10.7 Å². The smallest absolute Gasteiger partial charge is 0.115 e. The lowest BCUT2D eigenvalue weighted by Crippen LogP contribution is -2.20. The first-order chi connectivity index (χ1) is 8.04. The quantitative estimate of drug-likeness (QED) is 0.882. The van der Waals surface area contributed by atoms with Crippen LogP contribution in [0.15, 0.2) is 24.3 Å². The first-order valence-corrected chi connectivity index (χ1v) is 6.20. The van der Waals surface area contributed by atoms with Crippen LogP contribution in [0.5, 0.6) is 0 Å². The lowest BCUT2D eigenvalue weighted by molar-refractivity contribution is 0.498. The van der Waals surface area contributed by atoms with Gasteiger partial charge < -0.3 is 10.3 Å². The largest absolute Gasteiger partial charge is 0.330 e. The van der Waals surface area contributed by atoms with Crippen LogP contribution in [-0.2, 0) is 12.0 Å². The number of aryl methyl sites for hydroxylation is 1. The maximum atomic E-state index is 5.61. The molecule has 0 atom stereocenters. The molecule has 0 unspecified atom stereocenters. The minimum Gasteiger partial charge on any atom is -0.330 e. The van der Waals surface area contributed by atoms with Gasteiger partial charge in [-0.1, -0.05) is 32.9 Å². The second-order valence-electron chi connectivity index (χ2n) is 5.47. The minimum atomic E-state index is 0.0631. The highest BCUT2D eigenvalue weighted by molar-refractivity contribution is 5.76. The number of aromatic nitrogens is 2. The molecular weight excluding hydrogens is 210 g/mol. The van der Waals surface area contributed by atoms with E-state index in [0.717, 1.165) is 30.9 Å². The van der Waals surface area contributed by atoms with E-state index in [2.05, 4.69) is 43.5 Å². The van der Waals surface area contributed by atoms with Gasteiger partial charge in [0, 0.05) is 12.0 Å². The van der Waals surface area contributed by atoms with Crippen molar-refractivity contribution in [3.05, 3.63) is 30.1 Å². The monoisotopic (exact) mass is 231 g/mol. The van der Waals surface area contributed by atoms with Crippen LogP contribution in [0.4, 0.5) is 0 Å². The van der Waals surface area contributed by atoms with Crippen LogP contribution in [0.3, 0.4) is 0 Å². The molecular formula is C14H21N3. The molecule has 3 nitrogen and oxygen atoms in total. The summed E-state index contributed by atoms with van der Waals surface area (Å²) < 4.78 is 2.31. The summed E-state index contributed by atoms with van der Waals surface area (Å²) in [5, 5.41) is 0. The van der Waals surface area contributed by atoms with Crippen molar-refractivity contribution in [2.45, 2.75) is 39.2 Å². The van der Waals surface area contributed by atoms with E-state index in [1.807, 2.05) is 6.07 Å². The summed E-state index contributed by atoms with van der Waals surface area (Å²) in [5.41, 5.74) is 7.97. The number of nitrogens with zero attached hydrogens (tertiary/aromatic N) is 2. The molecule has 0 aliphatic heterocycles. The third-order valence-corrected chi connectivity index (χ3v) is 2.91. The average Bonchev–Trinajstić information content (AvgIpc) is 2.65. The second kappa shape index (κ2) is 4.49. The van der Waals surface area contributed by atoms with Gasteiger partial charge in [-0.3, -0.25) is 0 Å². The number of hydrogen-bond donors (Lipinski definition) is 1. The lowest BCUT2D eigenvalue weighted by atomic mass is 9.95. The summed E-state index contributed by atoms with van der Waals surface area (Å²) in [6, 6.07) is 8.31. The fourth-order valence-electron chi connectivity index (χ4n) is 2.12. The molecule has 0 spiro atoms. The molecule has 1 aromatic heterocycles. The fraction of sp³-hybridized carbons (Fsp3) is 0.500. The van der Waals surface area contributed by atoms with Crippen LogP contribution in [0.25, 0.3) is 11.0 Å². The molecule has 2 N–H and O–H groups in total. The molecule has 0 bridgehead atoms. The number of nitrogens with two attached hydrogens (primary N) is 1. The van der Waals surface area contributed by atoms with E-state index in [1.54, 1.807) is 0 Å². The van der Waals surface area contributed by atoms with Gasteiger partial charge in [0.1, 0.15) is 5.82 Å². The molecule has 2 aromatic rings. The SMILES string of the molecule is CC(C)(C)c1nc2ccccc2n1CCCN. The Morgan fingerprint density at radius 3 is 2.59 bits per heavy atom. The molecule has 0 radical (unpaired) electrons. The Kier molecular flexibility index (Phi) is 3.20. The van der Waals surface area contributed by atoms with Crippen LogP contribution >= 0.6 is 0 Å². The topological polar surface area (TPSA) is 43.8 Å². The van der Waals surface area contributed by atoms with Gasteiger partial charge in [-0.2, -0.15) is 0 Å². The molecule has 92 valence electrons. The lowest BCUT2D eigenvalue weighted by Gasteiger charge is -2.20. The number of rotatable bonds is 3. The van der Waals surface area contributed by atoms with Gasteiger partial charge in [-0.25, -0.2) is 4.98 Å². The Labute approximate surface area is 103 Å². The van der Waals surface area contributed by atoms with Gasteiger partial charge in [-0.05, 0) is 25.1 Å². The highest BCUT2D eigenvalue weighted by atomic mass is 15.1. The van der Waals surface area contributed by atoms with E-state index in [9.17, 15) is 0 Å². The fourth-order valence-corrected chi connectivity index (χ4v) is 2.12. The summed E-state index contributed by atoms with van der Waals surface area (Å²) in [4.78, 5) is 4.76. The van der Waals surface area contributed by atoms with Crippen molar-refractivity contribution in [3.63, 3.8) is 0 Å². The van der Waals surface area contributed by atoms with Crippen molar-refractivity contribution < 1.29 is 0 Å². The van der Waals surface area contributed by atoms with Crippen LogP contribution in [0.1, 0.15) is 33.0 Å². The van der Waals surface area contributed by atoms with E-state index in [-0.39, 0.29) is 5.41 Å². The molecule has 3 heteroatoms. The number of benzene rings is 1. The van der Waals surface area contributed by atoms with E-state index >= 15 is 0 Å². The first-order valence-electron chi connectivity index (χ1n) is 6.20. The summed E-state index contributed by atoms with van der Waals surface area (Å²) >= 11 is 0. The van der Waals surface area contributed by atoms with Crippen LogP contribution in [0.2, 0.25) is 0 Å². The summed E-state index contributed by atoms with van der Waals surface area (Å²) in [5.74, 6) is 1.15. The normalized spacial score (nSPS) is 12.2. The predicted molar refractivity (Wildman–Crippen MR) is 72.1 cm³/mol. The zero-order valence-electron chi connectivity index (χ0n) is 10.9. The predicted octanol–water partition coefficient (Wildman–Crippen LogP) is 2.68. The van der Waals surface area contributed by atoms with Crippen LogP contribution in [0, 0.1) is 0 Å². The van der Waals surface area contributed by atoms with Gasteiger partial charge in [-0.15, -0.1) is 0 Å². The van der Waals surface area contributed by atoms with Gasteiger partial charge in [0.25, 0.3) is 0 Å². The zero-order valence-corrected chi connectivity index (χ0v) is 10.9. The van der Waals surface area contributed by atoms with Crippen molar-refractivity contribution in [1.82, 2.24) is 9.55 Å². The maximum Gasteiger partial charge on any atom is 0.115 e. The number of para-hydroxylation sites is 2. The van der Waals surface area contributed by atoms with Crippen molar-refractivity contribution in [2.75, 3.05) is 6.54 Å². The molecule has 0 saturated heterocycles. The number of hydrogen-bond acceptors (Lipinski definition) is 2. The van der Waals surface area contributed by atoms with E-state index < -0.39 is 0 Å². The molecule has 0 fully saturated rings. The van der Waals surface area contributed by atoms with Gasteiger partial charge >= 0.3 is 0 Å². The van der Waals surface area contributed by atoms with Crippen molar-refractivity contribution >= 4 is 11.0 Å². The van der Waals surface area contributed by atoms with Gasteiger partial charge in [0.05, 0.1) is 11.0 Å². The highest BCUT2D eigenvalue weighted by Gasteiger charge is 2.22. The third kappa shape index (κ3) is 2.34. The van der Waals surface area contributed by atoms with Crippen molar-refractivity contribution in [3.8, 4) is 0 Å². The van der Waals surface area contributed by atoms with Crippen molar-refractivity contribution in [1.29, 1.82) is 0 Å². The van der Waals surface area contributed by atoms with Crippen LogP contribution in [-0.4, -0.2) is 16.1 Å². The maximum absolute atomic E-state index is 5.61. The zero-order chi connectivity index (χ0) is 12.5. The third-order valence-electron chi connectivity index (χ3n) is 2.91. The Balaban J connectivity index is 2.57. The molecule has 1 heterocycles. The number of imidazole rings is 1. The number of fused-ring (bicyclic) bond motifs is 1. The molecule has 2 rings (SSSR count). The molecule has 0 saturated carbocycles. The summed E-state index contributed by atoms with van der Waals surface area (Å²) in [6.07, 6.45) is 0.990. The average molecular weight is 231 g/mol. The standard InChI is InChI=1S/C14H21N3/c1-14(2,3)13-16-11-7-4-5-8-12(11)17(13)10-6-9-15/h4-5,7-8H,6,9-10,15H2,1-3H3. The van der Waals surface area contributed by atoms with E-state index in [0.29, 0.717) is 0 Å². The molecule has 0 aliphatic rings. The summed E-state index contributed by atoms with van der Waals surface area (Å²) in [7, 11) is 0. The van der Waals surface area contributed by atoms with E-state index in [1.165, 1.54) is 5.52 Å². The highest BCUT2D eigenvalue weighted by Crippen LogP contribution is 2.26.